The van der Waals surface area contributed by atoms with E-state index in [0.717, 1.165) is 35.3 Å². The molecule has 20 heavy (non-hydrogen) atoms. The zero-order chi connectivity index (χ0) is 14.5. The van der Waals surface area contributed by atoms with Gasteiger partial charge >= 0.3 is 0 Å². The van der Waals surface area contributed by atoms with Crippen LogP contribution in [-0.4, -0.2) is 11.5 Å². The summed E-state index contributed by atoms with van der Waals surface area (Å²) in [6.45, 7) is 6.84. The number of pyridine rings is 1. The normalized spacial score (nSPS) is 12.4. The van der Waals surface area contributed by atoms with Gasteiger partial charge in [0.25, 0.3) is 0 Å². The Kier molecular flexibility index (Phi) is 4.85. The average molecular weight is 272 g/mol. The molecule has 1 heterocycles. The minimum absolute atomic E-state index is 0.0876. The van der Waals surface area contributed by atoms with Crippen molar-refractivity contribution in [3.8, 4) is 0 Å². The maximum Gasteiger partial charge on any atom is 0.123 e. The van der Waals surface area contributed by atoms with Crippen LogP contribution in [0.4, 0.5) is 4.39 Å². The number of nitrogens with zero attached hydrogens (tertiary/aromatic N) is 1. The Bertz CT molecular complexity index is 543. The summed E-state index contributed by atoms with van der Waals surface area (Å²) in [6, 6.07) is 9.37. The molecule has 0 radical (unpaired) electrons. The van der Waals surface area contributed by atoms with Crippen LogP contribution < -0.4 is 5.32 Å². The standard InChI is InChI=1S/C17H21FN2/c1-4-19-17(10-16-6-5-12(2)11-20-16)14-7-13(3)8-15(18)9-14/h5-9,11,17,19H,4,10H2,1-3H3. The number of hydrogen-bond donors (Lipinski definition) is 1. The molecule has 1 aromatic heterocycles. The van der Waals surface area contributed by atoms with Gasteiger partial charge in [0.2, 0.25) is 0 Å². The highest BCUT2D eigenvalue weighted by Crippen LogP contribution is 2.20. The third-order valence-corrected chi connectivity index (χ3v) is 3.30. The van der Waals surface area contributed by atoms with E-state index in [9.17, 15) is 4.39 Å². The fourth-order valence-corrected chi connectivity index (χ4v) is 2.35. The molecule has 1 aromatic carbocycles. The molecule has 1 atom stereocenters. The second kappa shape index (κ2) is 6.62. The Hall–Kier alpha value is -1.74. The van der Waals surface area contributed by atoms with E-state index >= 15 is 0 Å². The van der Waals surface area contributed by atoms with Gasteiger partial charge in [0.05, 0.1) is 0 Å². The van der Waals surface area contributed by atoms with E-state index in [1.807, 2.05) is 32.2 Å². The van der Waals surface area contributed by atoms with E-state index in [0.29, 0.717) is 0 Å². The lowest BCUT2D eigenvalue weighted by Crippen LogP contribution is -2.23. The zero-order valence-corrected chi connectivity index (χ0v) is 12.3. The lowest BCUT2D eigenvalue weighted by Gasteiger charge is -2.19. The van der Waals surface area contributed by atoms with E-state index in [4.69, 9.17) is 0 Å². The lowest BCUT2D eigenvalue weighted by molar-refractivity contribution is 0.537. The van der Waals surface area contributed by atoms with E-state index < -0.39 is 0 Å². The molecule has 106 valence electrons. The molecular formula is C17H21FN2. The molecule has 0 spiro atoms. The van der Waals surface area contributed by atoms with E-state index in [2.05, 4.69) is 23.3 Å². The van der Waals surface area contributed by atoms with Crippen LogP contribution in [0.2, 0.25) is 0 Å². The molecule has 1 unspecified atom stereocenters. The van der Waals surface area contributed by atoms with Gasteiger partial charge in [-0.2, -0.15) is 0 Å². The van der Waals surface area contributed by atoms with Gasteiger partial charge in [-0.25, -0.2) is 4.39 Å². The fraction of sp³-hybridized carbons (Fsp3) is 0.353. The number of halogens is 1. The van der Waals surface area contributed by atoms with Gasteiger partial charge in [0, 0.05) is 24.4 Å². The molecule has 2 nitrogen and oxygen atoms in total. The van der Waals surface area contributed by atoms with Gasteiger partial charge < -0.3 is 5.32 Å². The Morgan fingerprint density at radius 3 is 2.55 bits per heavy atom. The van der Waals surface area contributed by atoms with Crippen LogP contribution in [0, 0.1) is 19.7 Å². The van der Waals surface area contributed by atoms with Crippen molar-refractivity contribution in [2.24, 2.45) is 0 Å². The molecule has 0 aliphatic carbocycles. The van der Waals surface area contributed by atoms with Gasteiger partial charge in [0.15, 0.2) is 0 Å². The van der Waals surface area contributed by atoms with Gasteiger partial charge in [0.1, 0.15) is 5.82 Å². The van der Waals surface area contributed by atoms with Crippen molar-refractivity contribution in [3.63, 3.8) is 0 Å². The van der Waals surface area contributed by atoms with Crippen LogP contribution in [0.3, 0.4) is 0 Å². The first-order chi connectivity index (χ1) is 9.58. The average Bonchev–Trinajstić information content (AvgIpc) is 2.39. The minimum Gasteiger partial charge on any atom is -0.310 e. The highest BCUT2D eigenvalue weighted by molar-refractivity contribution is 5.27. The maximum absolute atomic E-state index is 13.6. The van der Waals surface area contributed by atoms with Crippen molar-refractivity contribution < 1.29 is 4.39 Å². The van der Waals surface area contributed by atoms with Crippen LogP contribution in [-0.2, 0) is 6.42 Å². The monoisotopic (exact) mass is 272 g/mol. The number of hydrogen-bond acceptors (Lipinski definition) is 2. The topological polar surface area (TPSA) is 24.9 Å². The van der Waals surface area contributed by atoms with E-state index in [-0.39, 0.29) is 11.9 Å². The quantitative estimate of drug-likeness (QED) is 0.897. The molecular weight excluding hydrogens is 251 g/mol. The number of aryl methyl sites for hydroxylation is 2. The summed E-state index contributed by atoms with van der Waals surface area (Å²) in [5.74, 6) is -0.181. The summed E-state index contributed by atoms with van der Waals surface area (Å²) in [5.41, 5.74) is 4.09. The molecule has 0 bridgehead atoms. The number of rotatable bonds is 5. The van der Waals surface area contributed by atoms with Crippen LogP contribution in [0.5, 0.6) is 0 Å². The van der Waals surface area contributed by atoms with Crippen molar-refractivity contribution in [1.82, 2.24) is 10.3 Å². The number of nitrogens with one attached hydrogen (secondary N) is 1. The van der Waals surface area contributed by atoms with Crippen LogP contribution in [0.25, 0.3) is 0 Å². The Morgan fingerprint density at radius 2 is 1.95 bits per heavy atom. The smallest absolute Gasteiger partial charge is 0.123 e. The summed E-state index contributed by atoms with van der Waals surface area (Å²) in [4.78, 5) is 4.44. The second-order valence-corrected chi connectivity index (χ2v) is 5.20. The Balaban J connectivity index is 2.23. The van der Waals surface area contributed by atoms with Crippen molar-refractivity contribution in [3.05, 3.63) is 64.7 Å². The number of benzene rings is 1. The first kappa shape index (κ1) is 14.7. The third kappa shape index (κ3) is 3.87. The number of aromatic nitrogens is 1. The largest absolute Gasteiger partial charge is 0.310 e. The van der Waals surface area contributed by atoms with Crippen molar-refractivity contribution in [1.29, 1.82) is 0 Å². The van der Waals surface area contributed by atoms with E-state index in [1.165, 1.54) is 0 Å². The van der Waals surface area contributed by atoms with Gasteiger partial charge in [-0.15, -0.1) is 0 Å². The molecule has 0 saturated carbocycles. The SMILES string of the molecule is CCNC(Cc1ccc(C)cn1)c1cc(C)cc(F)c1. The van der Waals surface area contributed by atoms with E-state index in [1.54, 1.807) is 12.1 Å². The first-order valence-electron chi connectivity index (χ1n) is 7.00. The highest BCUT2D eigenvalue weighted by Gasteiger charge is 2.13. The lowest BCUT2D eigenvalue weighted by atomic mass is 9.99. The summed E-state index contributed by atoms with van der Waals surface area (Å²) in [5, 5.41) is 3.41. The maximum atomic E-state index is 13.6. The van der Waals surface area contributed by atoms with Crippen LogP contribution in [0.1, 0.15) is 35.3 Å². The van der Waals surface area contributed by atoms with Crippen molar-refractivity contribution in [2.75, 3.05) is 6.54 Å². The van der Waals surface area contributed by atoms with Gasteiger partial charge in [-0.1, -0.05) is 19.1 Å². The molecule has 0 fully saturated rings. The summed E-state index contributed by atoms with van der Waals surface area (Å²) >= 11 is 0. The first-order valence-corrected chi connectivity index (χ1v) is 7.00. The molecule has 2 rings (SSSR count). The van der Waals surface area contributed by atoms with Gasteiger partial charge in [-0.05, 0) is 55.3 Å². The fourth-order valence-electron chi connectivity index (χ4n) is 2.35. The van der Waals surface area contributed by atoms with Crippen LogP contribution >= 0.6 is 0 Å². The summed E-state index contributed by atoms with van der Waals surface area (Å²) < 4.78 is 13.6. The predicted octanol–water partition coefficient (Wildman–Crippen LogP) is 3.73. The molecule has 3 heteroatoms. The summed E-state index contributed by atoms with van der Waals surface area (Å²) in [7, 11) is 0. The Labute approximate surface area is 120 Å². The highest BCUT2D eigenvalue weighted by atomic mass is 19.1. The molecule has 1 N–H and O–H groups in total. The third-order valence-electron chi connectivity index (χ3n) is 3.30. The van der Waals surface area contributed by atoms with Crippen molar-refractivity contribution in [2.45, 2.75) is 33.2 Å². The number of likely N-dealkylation sites (N-methyl/N-ethyl adjacent to an activating group) is 1. The molecule has 0 aliphatic heterocycles. The summed E-state index contributed by atoms with van der Waals surface area (Å²) in [6.07, 6.45) is 2.63. The Morgan fingerprint density at radius 1 is 1.15 bits per heavy atom. The van der Waals surface area contributed by atoms with Crippen LogP contribution in [0.15, 0.2) is 36.5 Å². The molecule has 0 saturated heterocycles. The van der Waals surface area contributed by atoms with Gasteiger partial charge in [-0.3, -0.25) is 4.98 Å². The second-order valence-electron chi connectivity index (χ2n) is 5.20. The molecule has 2 aromatic rings. The minimum atomic E-state index is -0.181. The zero-order valence-electron chi connectivity index (χ0n) is 12.3. The predicted molar refractivity (Wildman–Crippen MR) is 80.2 cm³/mol. The molecule has 0 aliphatic rings. The van der Waals surface area contributed by atoms with Crippen molar-refractivity contribution >= 4 is 0 Å². The molecule has 0 amide bonds.